The molecule has 0 bridgehead atoms. The lowest BCUT2D eigenvalue weighted by Gasteiger charge is -1.94. The minimum absolute atomic E-state index is 0.250. The first kappa shape index (κ1) is 4.78. The van der Waals surface area contributed by atoms with Gasteiger partial charge in [-0.2, -0.15) is 0 Å². The van der Waals surface area contributed by atoms with Crippen LogP contribution in [0.1, 0.15) is 6.42 Å². The number of aliphatic hydroxyl groups is 1. The summed E-state index contributed by atoms with van der Waals surface area (Å²) in [6.07, 6.45) is 1.67. The molecule has 1 rings (SSSR count). The van der Waals surface area contributed by atoms with Crippen LogP contribution < -0.4 is 0 Å². The van der Waals surface area contributed by atoms with Crippen LogP contribution in [0.4, 0.5) is 4.39 Å². The number of allylic oxidation sites excluding steroid dienone is 1. The first-order valence-electron chi connectivity index (χ1n) is 2.29. The van der Waals surface area contributed by atoms with E-state index in [1.54, 1.807) is 0 Å². The van der Waals surface area contributed by atoms with Crippen LogP contribution in [-0.2, 0) is 0 Å². The Morgan fingerprint density at radius 1 is 1.57 bits per heavy atom. The zero-order chi connectivity index (χ0) is 5.28. The monoisotopic (exact) mass is 102 g/mol. The third-order valence-corrected chi connectivity index (χ3v) is 1.01. The standard InChI is InChI=1S/C5H7FO/c6-4-1-2-5(7)3-4/h1-2,4-5,7H,3H2/t4-,5-/m0/s1. The van der Waals surface area contributed by atoms with Gasteiger partial charge in [-0.1, -0.05) is 12.2 Å². The van der Waals surface area contributed by atoms with Gasteiger partial charge >= 0.3 is 0 Å². The van der Waals surface area contributed by atoms with Crippen LogP contribution in [0, 0.1) is 0 Å². The van der Waals surface area contributed by atoms with Gasteiger partial charge in [0.05, 0.1) is 6.10 Å². The predicted molar refractivity (Wildman–Crippen MR) is 24.7 cm³/mol. The highest BCUT2D eigenvalue weighted by Crippen LogP contribution is 2.12. The van der Waals surface area contributed by atoms with Crippen LogP contribution in [0.15, 0.2) is 12.2 Å². The van der Waals surface area contributed by atoms with Crippen LogP contribution in [0.3, 0.4) is 0 Å². The van der Waals surface area contributed by atoms with E-state index >= 15 is 0 Å². The van der Waals surface area contributed by atoms with Crippen molar-refractivity contribution in [1.82, 2.24) is 0 Å². The van der Waals surface area contributed by atoms with Crippen LogP contribution >= 0.6 is 0 Å². The molecule has 1 nitrogen and oxygen atoms in total. The summed E-state index contributed by atoms with van der Waals surface area (Å²) >= 11 is 0. The first-order valence-corrected chi connectivity index (χ1v) is 2.29. The molecule has 0 radical (unpaired) electrons. The molecule has 0 heterocycles. The normalized spacial score (nSPS) is 39.7. The number of hydrogen-bond donors (Lipinski definition) is 1. The SMILES string of the molecule is O[C@H]1C=C[C@H](F)C1. The fourth-order valence-corrected chi connectivity index (χ4v) is 0.637. The Bertz CT molecular complexity index is 80.1. The van der Waals surface area contributed by atoms with Crippen LogP contribution in [-0.4, -0.2) is 17.4 Å². The van der Waals surface area contributed by atoms with E-state index in [4.69, 9.17) is 5.11 Å². The summed E-state index contributed by atoms with van der Waals surface area (Å²) < 4.78 is 11.9. The fraction of sp³-hybridized carbons (Fsp3) is 0.600. The lowest BCUT2D eigenvalue weighted by atomic mass is 10.3. The van der Waals surface area contributed by atoms with E-state index < -0.39 is 12.3 Å². The molecule has 0 aromatic rings. The van der Waals surface area contributed by atoms with Crippen molar-refractivity contribution in [3.63, 3.8) is 0 Å². The summed E-state index contributed by atoms with van der Waals surface area (Å²) in [5, 5.41) is 8.57. The second-order valence-corrected chi connectivity index (χ2v) is 1.70. The Kier molecular flexibility index (Phi) is 1.11. The average Bonchev–Trinajstić information content (AvgIpc) is 1.87. The zero-order valence-corrected chi connectivity index (χ0v) is 3.84. The quantitative estimate of drug-likeness (QED) is 0.445. The second-order valence-electron chi connectivity index (χ2n) is 1.70. The van der Waals surface area contributed by atoms with E-state index in [0.29, 0.717) is 0 Å². The number of hydrogen-bond acceptors (Lipinski definition) is 1. The van der Waals surface area contributed by atoms with Crippen LogP contribution in [0.5, 0.6) is 0 Å². The van der Waals surface area contributed by atoms with Gasteiger partial charge in [0.2, 0.25) is 0 Å². The highest BCUT2D eigenvalue weighted by molar-refractivity contribution is 5.02. The second kappa shape index (κ2) is 1.62. The van der Waals surface area contributed by atoms with Gasteiger partial charge in [-0.15, -0.1) is 0 Å². The van der Waals surface area contributed by atoms with E-state index in [0.717, 1.165) is 0 Å². The van der Waals surface area contributed by atoms with Gasteiger partial charge in [0.1, 0.15) is 6.17 Å². The van der Waals surface area contributed by atoms with Crippen LogP contribution in [0.2, 0.25) is 0 Å². The van der Waals surface area contributed by atoms with Gasteiger partial charge in [0.25, 0.3) is 0 Å². The molecule has 0 fully saturated rings. The summed E-state index contributed by atoms with van der Waals surface area (Å²) in [5.41, 5.74) is 0. The largest absolute Gasteiger partial charge is 0.389 e. The molecule has 0 amide bonds. The molecule has 0 aromatic heterocycles. The highest BCUT2D eigenvalue weighted by atomic mass is 19.1. The van der Waals surface area contributed by atoms with Crippen molar-refractivity contribution in [2.75, 3.05) is 0 Å². The minimum atomic E-state index is -0.907. The molecule has 40 valence electrons. The Morgan fingerprint density at radius 2 is 2.29 bits per heavy atom. The van der Waals surface area contributed by atoms with Gasteiger partial charge in [0.15, 0.2) is 0 Å². The molecule has 0 aromatic carbocycles. The molecule has 1 N–H and O–H groups in total. The summed E-state index contributed by atoms with van der Waals surface area (Å²) in [7, 11) is 0. The first-order chi connectivity index (χ1) is 3.29. The molecule has 1 aliphatic carbocycles. The Morgan fingerprint density at radius 3 is 2.43 bits per heavy atom. The minimum Gasteiger partial charge on any atom is -0.389 e. The highest BCUT2D eigenvalue weighted by Gasteiger charge is 2.13. The van der Waals surface area contributed by atoms with Crippen molar-refractivity contribution in [2.45, 2.75) is 18.7 Å². The van der Waals surface area contributed by atoms with Crippen molar-refractivity contribution in [3.05, 3.63) is 12.2 Å². The molecule has 0 saturated carbocycles. The molecule has 0 spiro atoms. The van der Waals surface area contributed by atoms with Crippen LogP contribution in [0.25, 0.3) is 0 Å². The maximum Gasteiger partial charge on any atom is 0.121 e. The van der Waals surface area contributed by atoms with Crippen molar-refractivity contribution in [2.24, 2.45) is 0 Å². The summed E-state index contributed by atoms with van der Waals surface area (Å²) in [4.78, 5) is 0. The summed E-state index contributed by atoms with van der Waals surface area (Å²) in [6, 6.07) is 0. The topological polar surface area (TPSA) is 20.2 Å². The average molecular weight is 102 g/mol. The molecular weight excluding hydrogens is 95.1 g/mol. The van der Waals surface area contributed by atoms with Gasteiger partial charge in [-0.25, -0.2) is 4.39 Å². The maximum atomic E-state index is 11.9. The third kappa shape index (κ3) is 0.996. The van der Waals surface area contributed by atoms with Gasteiger partial charge < -0.3 is 5.11 Å². The molecular formula is C5H7FO. The van der Waals surface area contributed by atoms with E-state index in [-0.39, 0.29) is 6.42 Å². The number of rotatable bonds is 0. The van der Waals surface area contributed by atoms with Crippen molar-refractivity contribution in [1.29, 1.82) is 0 Å². The van der Waals surface area contributed by atoms with E-state index in [1.807, 2.05) is 0 Å². The fourth-order valence-electron chi connectivity index (χ4n) is 0.637. The Balaban J connectivity index is 2.42. The van der Waals surface area contributed by atoms with E-state index in [1.165, 1.54) is 12.2 Å². The van der Waals surface area contributed by atoms with Gasteiger partial charge in [0, 0.05) is 6.42 Å². The number of halogens is 1. The number of alkyl halides is 1. The van der Waals surface area contributed by atoms with Gasteiger partial charge in [-0.3, -0.25) is 0 Å². The lowest BCUT2D eigenvalue weighted by molar-refractivity contribution is 0.197. The van der Waals surface area contributed by atoms with Crippen molar-refractivity contribution >= 4 is 0 Å². The van der Waals surface area contributed by atoms with E-state index in [2.05, 4.69) is 0 Å². The maximum absolute atomic E-state index is 11.9. The summed E-state index contributed by atoms with van der Waals surface area (Å²) in [6.45, 7) is 0. The van der Waals surface area contributed by atoms with Gasteiger partial charge in [-0.05, 0) is 0 Å². The molecule has 7 heavy (non-hydrogen) atoms. The smallest absolute Gasteiger partial charge is 0.121 e. The zero-order valence-electron chi connectivity index (χ0n) is 3.84. The summed E-state index contributed by atoms with van der Waals surface area (Å²) in [5.74, 6) is 0. The molecule has 2 atom stereocenters. The lowest BCUT2D eigenvalue weighted by Crippen LogP contribution is -2.00. The molecule has 0 saturated heterocycles. The molecule has 0 unspecified atom stereocenters. The number of aliphatic hydroxyl groups excluding tert-OH is 1. The molecule has 2 heteroatoms. The molecule has 1 aliphatic rings. The Hall–Kier alpha value is -0.370. The predicted octanol–water partition coefficient (Wildman–Crippen LogP) is 0.645. The third-order valence-electron chi connectivity index (χ3n) is 1.01. The Labute approximate surface area is 41.5 Å². The molecule has 0 aliphatic heterocycles. The van der Waals surface area contributed by atoms with Crippen molar-refractivity contribution < 1.29 is 9.50 Å². The van der Waals surface area contributed by atoms with Crippen molar-refractivity contribution in [3.8, 4) is 0 Å². The van der Waals surface area contributed by atoms with E-state index in [9.17, 15) is 4.39 Å².